The van der Waals surface area contributed by atoms with Gasteiger partial charge in [-0.1, -0.05) is 29.8 Å². The van der Waals surface area contributed by atoms with Crippen molar-refractivity contribution in [2.24, 2.45) is 0 Å². The molecule has 3 rings (SSSR count). The predicted molar refractivity (Wildman–Crippen MR) is 125 cm³/mol. The van der Waals surface area contributed by atoms with E-state index in [0.29, 0.717) is 21.9 Å². The van der Waals surface area contributed by atoms with Gasteiger partial charge in [-0.25, -0.2) is 0 Å². The number of nitrogens with zero attached hydrogens (tertiary/aromatic N) is 3. The highest BCUT2D eigenvalue weighted by Crippen LogP contribution is 2.30. The lowest BCUT2D eigenvalue weighted by Gasteiger charge is -2.17. The SMILES string of the molecule is C/C=C\C(Cl)=C(/C)OCC(O)COCC(F)(F)c1nnc2ccc(-c3ccc(OC(F)(F)F)cc3)cn12. The number of allylic oxidation sites excluding steroid dienone is 4. The molecule has 0 saturated carbocycles. The van der Waals surface area contributed by atoms with Crippen molar-refractivity contribution in [3.8, 4) is 16.9 Å². The Morgan fingerprint density at radius 2 is 1.73 bits per heavy atom. The first-order valence-electron chi connectivity index (χ1n) is 10.9. The number of ether oxygens (including phenoxy) is 3. The van der Waals surface area contributed by atoms with Crippen LogP contribution in [0.2, 0.25) is 0 Å². The summed E-state index contributed by atoms with van der Waals surface area (Å²) < 4.78 is 82.1. The molecule has 0 amide bonds. The maximum atomic E-state index is 14.9. The number of aliphatic hydroxyl groups is 1. The Bertz CT molecular complexity index is 1260. The van der Waals surface area contributed by atoms with E-state index in [-0.39, 0.29) is 12.3 Å². The summed E-state index contributed by atoms with van der Waals surface area (Å²) >= 11 is 5.96. The molecule has 1 unspecified atom stereocenters. The molecular formula is C24H23ClF5N3O4. The molecule has 2 heterocycles. The summed E-state index contributed by atoms with van der Waals surface area (Å²) in [6.07, 6.45) is -1.37. The second-order valence-corrected chi connectivity index (χ2v) is 8.24. The van der Waals surface area contributed by atoms with E-state index in [1.165, 1.54) is 24.4 Å². The Morgan fingerprint density at radius 1 is 1.05 bits per heavy atom. The Morgan fingerprint density at radius 3 is 2.38 bits per heavy atom. The van der Waals surface area contributed by atoms with Crippen LogP contribution in [0.15, 0.2) is 65.5 Å². The molecule has 1 N–H and O–H groups in total. The molecule has 0 aliphatic heterocycles. The molecule has 0 aliphatic carbocycles. The third-order valence-electron chi connectivity index (χ3n) is 4.89. The average molecular weight is 548 g/mol. The smallest absolute Gasteiger partial charge is 0.494 e. The predicted octanol–water partition coefficient (Wildman–Crippen LogP) is 5.83. The van der Waals surface area contributed by atoms with Crippen LogP contribution in [0.3, 0.4) is 0 Å². The molecule has 0 spiro atoms. The third-order valence-corrected chi connectivity index (χ3v) is 5.28. The number of hydrogen-bond donors (Lipinski definition) is 1. The monoisotopic (exact) mass is 547 g/mol. The number of fused-ring (bicyclic) bond motifs is 1. The number of aliphatic hydroxyl groups excluding tert-OH is 1. The Labute approximate surface area is 213 Å². The molecular weight excluding hydrogens is 525 g/mol. The van der Waals surface area contributed by atoms with Crippen LogP contribution >= 0.6 is 11.6 Å². The normalized spacial score (nSPS) is 14.2. The quantitative estimate of drug-likeness (QED) is 0.185. The van der Waals surface area contributed by atoms with Crippen LogP contribution in [0.25, 0.3) is 16.8 Å². The number of hydrogen-bond acceptors (Lipinski definition) is 6. The van der Waals surface area contributed by atoms with Crippen molar-refractivity contribution in [3.63, 3.8) is 0 Å². The fraction of sp³-hybridized carbons (Fsp3) is 0.333. The fourth-order valence-electron chi connectivity index (χ4n) is 3.15. The molecule has 1 aromatic carbocycles. The summed E-state index contributed by atoms with van der Waals surface area (Å²) in [5, 5.41) is 17.6. The zero-order valence-electron chi connectivity index (χ0n) is 19.7. The van der Waals surface area contributed by atoms with Crippen molar-refractivity contribution in [3.05, 3.63) is 71.4 Å². The number of alkyl halides is 5. The van der Waals surface area contributed by atoms with Gasteiger partial charge in [0.05, 0.1) is 11.6 Å². The molecule has 37 heavy (non-hydrogen) atoms. The minimum Gasteiger partial charge on any atom is -0.494 e. The van der Waals surface area contributed by atoms with E-state index in [2.05, 4.69) is 14.9 Å². The molecule has 0 aliphatic rings. The first-order chi connectivity index (χ1) is 17.4. The van der Waals surface area contributed by atoms with Crippen molar-refractivity contribution in [1.82, 2.24) is 14.6 Å². The summed E-state index contributed by atoms with van der Waals surface area (Å²) in [7, 11) is 0. The van der Waals surface area contributed by atoms with Gasteiger partial charge in [0, 0.05) is 6.20 Å². The molecule has 3 aromatic rings. The van der Waals surface area contributed by atoms with Crippen LogP contribution in [0.1, 0.15) is 19.7 Å². The summed E-state index contributed by atoms with van der Waals surface area (Å²) in [5.41, 5.74) is 1.01. The minimum absolute atomic E-state index is 0.129. The lowest BCUT2D eigenvalue weighted by atomic mass is 10.1. The van der Waals surface area contributed by atoms with Crippen LogP contribution in [0.4, 0.5) is 22.0 Å². The van der Waals surface area contributed by atoms with Crippen molar-refractivity contribution in [2.75, 3.05) is 19.8 Å². The Kier molecular flexibility index (Phi) is 9.11. The first kappa shape index (κ1) is 28.4. The van der Waals surface area contributed by atoms with E-state index in [4.69, 9.17) is 21.1 Å². The van der Waals surface area contributed by atoms with E-state index in [0.717, 1.165) is 16.5 Å². The van der Waals surface area contributed by atoms with Gasteiger partial charge in [0.15, 0.2) is 5.65 Å². The highest BCUT2D eigenvalue weighted by Gasteiger charge is 2.38. The standard InChI is InChI=1S/C24H23ClF5N3O4/c1-3-4-20(25)15(2)36-13-18(34)12-35-14-23(26,27)22-32-31-21-10-7-17(11-33(21)22)16-5-8-19(9-6-16)37-24(28,29)30/h3-11,18,34H,12-14H2,1-2H3/b4-3-,20-15-. The van der Waals surface area contributed by atoms with Crippen molar-refractivity contribution in [1.29, 1.82) is 0 Å². The van der Waals surface area contributed by atoms with Crippen LogP contribution in [0, 0.1) is 0 Å². The minimum atomic E-state index is -4.83. The molecule has 0 radical (unpaired) electrons. The average Bonchev–Trinajstić information content (AvgIpc) is 3.26. The number of benzene rings is 1. The van der Waals surface area contributed by atoms with Crippen molar-refractivity contribution >= 4 is 17.2 Å². The van der Waals surface area contributed by atoms with Gasteiger partial charge < -0.3 is 19.3 Å². The van der Waals surface area contributed by atoms with E-state index in [1.807, 2.05) is 0 Å². The molecule has 0 bridgehead atoms. The zero-order valence-corrected chi connectivity index (χ0v) is 20.4. The van der Waals surface area contributed by atoms with Gasteiger partial charge in [0.25, 0.3) is 0 Å². The summed E-state index contributed by atoms with van der Waals surface area (Å²) in [4.78, 5) is 0. The van der Waals surface area contributed by atoms with Gasteiger partial charge in [-0.05, 0) is 55.3 Å². The van der Waals surface area contributed by atoms with Crippen LogP contribution in [-0.4, -0.2) is 52.0 Å². The third kappa shape index (κ3) is 7.88. The molecule has 1 atom stereocenters. The fourth-order valence-corrected chi connectivity index (χ4v) is 3.33. The topological polar surface area (TPSA) is 78.1 Å². The van der Waals surface area contributed by atoms with Crippen LogP contribution in [0.5, 0.6) is 5.75 Å². The molecule has 200 valence electrons. The number of halogens is 6. The summed E-state index contributed by atoms with van der Waals surface area (Å²) in [5.74, 6) is -4.33. The number of pyridine rings is 1. The van der Waals surface area contributed by atoms with Crippen LogP contribution < -0.4 is 4.74 Å². The largest absolute Gasteiger partial charge is 0.573 e. The van der Waals surface area contributed by atoms with E-state index in [1.54, 1.807) is 32.1 Å². The summed E-state index contributed by atoms with van der Waals surface area (Å²) in [6.45, 7) is 1.63. The van der Waals surface area contributed by atoms with Gasteiger partial charge >= 0.3 is 12.3 Å². The maximum Gasteiger partial charge on any atom is 0.573 e. The maximum absolute atomic E-state index is 14.9. The van der Waals surface area contributed by atoms with Gasteiger partial charge in [0.2, 0.25) is 5.82 Å². The molecule has 7 nitrogen and oxygen atoms in total. The highest BCUT2D eigenvalue weighted by molar-refractivity contribution is 6.31. The number of aromatic nitrogens is 3. The lowest BCUT2D eigenvalue weighted by Crippen LogP contribution is -2.28. The zero-order chi connectivity index (χ0) is 27.2. The first-order valence-corrected chi connectivity index (χ1v) is 11.2. The summed E-state index contributed by atoms with van der Waals surface area (Å²) in [6, 6.07) is 7.96. The Balaban J connectivity index is 1.66. The lowest BCUT2D eigenvalue weighted by molar-refractivity contribution is -0.274. The van der Waals surface area contributed by atoms with E-state index in [9.17, 15) is 27.1 Å². The highest BCUT2D eigenvalue weighted by atomic mass is 35.5. The van der Waals surface area contributed by atoms with Gasteiger partial charge in [0.1, 0.15) is 30.8 Å². The number of rotatable bonds is 11. The Hall–Kier alpha value is -3.22. The van der Waals surface area contributed by atoms with Gasteiger partial charge in [-0.15, -0.1) is 23.4 Å². The van der Waals surface area contributed by atoms with Crippen molar-refractivity contribution in [2.45, 2.75) is 32.2 Å². The van der Waals surface area contributed by atoms with Gasteiger partial charge in [-0.2, -0.15) is 8.78 Å². The van der Waals surface area contributed by atoms with E-state index >= 15 is 0 Å². The second-order valence-electron chi connectivity index (χ2n) is 7.83. The molecule has 2 aromatic heterocycles. The van der Waals surface area contributed by atoms with Crippen LogP contribution in [-0.2, 0) is 15.4 Å². The van der Waals surface area contributed by atoms with E-state index < -0.39 is 43.2 Å². The molecule has 0 saturated heterocycles. The van der Waals surface area contributed by atoms with Crippen molar-refractivity contribution < 1.29 is 41.3 Å². The molecule has 13 heteroatoms. The molecule has 0 fully saturated rings. The van der Waals surface area contributed by atoms with Gasteiger partial charge in [-0.3, -0.25) is 4.40 Å². The second kappa shape index (κ2) is 11.9.